The molecule has 0 aromatic carbocycles. The summed E-state index contributed by atoms with van der Waals surface area (Å²) >= 11 is 0. The summed E-state index contributed by atoms with van der Waals surface area (Å²) in [7, 11) is 0. The van der Waals surface area contributed by atoms with Crippen molar-refractivity contribution in [2.24, 2.45) is 5.41 Å². The monoisotopic (exact) mass is 308 g/mol. The van der Waals surface area contributed by atoms with E-state index >= 15 is 0 Å². The number of hydrogen-bond acceptors (Lipinski definition) is 5. The van der Waals surface area contributed by atoms with Crippen LogP contribution in [0.25, 0.3) is 0 Å². The van der Waals surface area contributed by atoms with Gasteiger partial charge in [-0.3, -0.25) is 4.79 Å². The zero-order valence-corrected chi connectivity index (χ0v) is 13.4. The summed E-state index contributed by atoms with van der Waals surface area (Å²) in [6.07, 6.45) is 3.37. The predicted molar refractivity (Wildman–Crippen MR) is 79.4 cm³/mol. The van der Waals surface area contributed by atoms with Crippen molar-refractivity contribution in [2.45, 2.75) is 57.7 Å². The molecule has 2 N–H and O–H groups in total. The van der Waals surface area contributed by atoms with Gasteiger partial charge in [-0.2, -0.15) is 0 Å². The number of nitrogens with one attached hydrogen (secondary N) is 1. The number of ether oxygens (including phenoxy) is 1. The van der Waals surface area contributed by atoms with Crippen molar-refractivity contribution in [3.63, 3.8) is 0 Å². The van der Waals surface area contributed by atoms with Crippen molar-refractivity contribution >= 4 is 5.91 Å². The fraction of sp³-hybridized carbons (Fsp3) is 0.800. The molecule has 2 heterocycles. The number of aromatic nitrogens is 3. The summed E-state index contributed by atoms with van der Waals surface area (Å²) in [5.41, 5.74) is -0.444. The van der Waals surface area contributed by atoms with Gasteiger partial charge in [-0.05, 0) is 40.0 Å². The van der Waals surface area contributed by atoms with Gasteiger partial charge in [-0.25, -0.2) is 9.67 Å². The summed E-state index contributed by atoms with van der Waals surface area (Å²) in [5.74, 6) is -0.0932. The molecule has 0 bridgehead atoms. The molecule has 3 rings (SSSR count). The quantitative estimate of drug-likeness (QED) is 0.839. The number of hydrogen-bond donors (Lipinski definition) is 2. The molecule has 122 valence electrons. The van der Waals surface area contributed by atoms with Crippen LogP contribution in [0.2, 0.25) is 0 Å². The summed E-state index contributed by atoms with van der Waals surface area (Å²) in [6.45, 7) is 7.29. The molecular formula is C15H24N4O3. The maximum absolute atomic E-state index is 12.4. The molecule has 7 heteroatoms. The van der Waals surface area contributed by atoms with Crippen LogP contribution < -0.4 is 5.32 Å². The Morgan fingerprint density at radius 1 is 1.45 bits per heavy atom. The maximum atomic E-state index is 12.4. The first-order valence-corrected chi connectivity index (χ1v) is 7.82. The number of aliphatic hydroxyl groups is 1. The van der Waals surface area contributed by atoms with Crippen molar-refractivity contribution in [2.75, 3.05) is 13.2 Å². The van der Waals surface area contributed by atoms with E-state index in [0.717, 1.165) is 12.8 Å². The van der Waals surface area contributed by atoms with Crippen LogP contribution in [-0.2, 0) is 10.3 Å². The van der Waals surface area contributed by atoms with Crippen molar-refractivity contribution in [1.29, 1.82) is 0 Å². The number of nitrogens with zero attached hydrogens (tertiary/aromatic N) is 3. The molecule has 1 spiro atoms. The van der Waals surface area contributed by atoms with Gasteiger partial charge in [-0.1, -0.05) is 0 Å². The fourth-order valence-corrected chi connectivity index (χ4v) is 3.31. The molecule has 1 aromatic rings. The summed E-state index contributed by atoms with van der Waals surface area (Å²) in [6, 6.07) is -0.0273. The molecule has 1 aliphatic carbocycles. The van der Waals surface area contributed by atoms with E-state index < -0.39 is 0 Å². The van der Waals surface area contributed by atoms with Crippen LogP contribution in [0.15, 0.2) is 6.33 Å². The number of carbonyl (C=O) groups is 1. The minimum absolute atomic E-state index is 0.0273. The molecule has 7 nitrogen and oxygen atoms in total. The van der Waals surface area contributed by atoms with E-state index in [-0.39, 0.29) is 34.8 Å². The van der Waals surface area contributed by atoms with Gasteiger partial charge in [0.05, 0.1) is 11.6 Å². The van der Waals surface area contributed by atoms with E-state index in [1.807, 2.05) is 20.8 Å². The first kappa shape index (κ1) is 15.4. The van der Waals surface area contributed by atoms with Gasteiger partial charge in [0.25, 0.3) is 5.91 Å². The molecule has 1 aromatic heterocycles. The molecule has 2 aliphatic rings. The van der Waals surface area contributed by atoms with E-state index in [1.54, 1.807) is 11.0 Å². The van der Waals surface area contributed by atoms with Crippen LogP contribution in [0.4, 0.5) is 0 Å². The van der Waals surface area contributed by atoms with E-state index in [9.17, 15) is 9.90 Å². The first-order valence-electron chi connectivity index (χ1n) is 7.82. The lowest BCUT2D eigenvalue weighted by atomic mass is 9.58. The largest absolute Gasteiger partial charge is 0.392 e. The second-order valence-electron chi connectivity index (χ2n) is 7.31. The Labute approximate surface area is 130 Å². The van der Waals surface area contributed by atoms with Gasteiger partial charge < -0.3 is 15.2 Å². The van der Waals surface area contributed by atoms with Gasteiger partial charge in [0.1, 0.15) is 6.33 Å². The number of aliphatic hydroxyl groups excluding tert-OH is 1. The first-order chi connectivity index (χ1) is 10.3. The minimum atomic E-state index is -0.359. The lowest BCUT2D eigenvalue weighted by molar-refractivity contribution is -0.145. The SMILES string of the molecule is CC(C)(C)n1cnc(C(=O)N[C@@H]2C[C@@H](O)C23CCOCC3)n1. The number of rotatable bonds is 2. The maximum Gasteiger partial charge on any atom is 0.291 e. The van der Waals surface area contributed by atoms with Crippen LogP contribution >= 0.6 is 0 Å². The highest BCUT2D eigenvalue weighted by Crippen LogP contribution is 2.48. The molecule has 1 amide bonds. The van der Waals surface area contributed by atoms with Gasteiger partial charge >= 0.3 is 0 Å². The number of amides is 1. The van der Waals surface area contributed by atoms with Crippen LogP contribution in [0.5, 0.6) is 0 Å². The third-order valence-corrected chi connectivity index (χ3v) is 4.93. The van der Waals surface area contributed by atoms with Crippen LogP contribution in [-0.4, -0.2) is 51.1 Å². The second kappa shape index (κ2) is 5.31. The predicted octanol–water partition coefficient (Wildman–Crippen LogP) is 0.693. The number of carbonyl (C=O) groups excluding carboxylic acids is 1. The zero-order valence-electron chi connectivity index (χ0n) is 13.4. The molecule has 0 radical (unpaired) electrons. The lowest BCUT2D eigenvalue weighted by Gasteiger charge is -2.55. The van der Waals surface area contributed by atoms with E-state index in [4.69, 9.17) is 4.74 Å². The van der Waals surface area contributed by atoms with Gasteiger partial charge in [0.15, 0.2) is 0 Å². The average Bonchev–Trinajstić information content (AvgIpc) is 2.98. The molecule has 0 unspecified atom stereocenters. The highest BCUT2D eigenvalue weighted by atomic mass is 16.5. The van der Waals surface area contributed by atoms with E-state index in [2.05, 4.69) is 15.4 Å². The van der Waals surface area contributed by atoms with Crippen LogP contribution in [0, 0.1) is 5.41 Å². The average molecular weight is 308 g/mol. The molecule has 2 fully saturated rings. The Balaban J connectivity index is 1.68. The molecular weight excluding hydrogens is 284 g/mol. The lowest BCUT2D eigenvalue weighted by Crippen LogP contribution is -2.65. The molecule has 22 heavy (non-hydrogen) atoms. The Morgan fingerprint density at radius 3 is 2.68 bits per heavy atom. The van der Waals surface area contributed by atoms with Gasteiger partial charge in [-0.15, -0.1) is 5.10 Å². The van der Waals surface area contributed by atoms with Gasteiger partial charge in [0.2, 0.25) is 5.82 Å². The van der Waals surface area contributed by atoms with Crippen molar-refractivity contribution in [3.05, 3.63) is 12.2 Å². The third-order valence-electron chi connectivity index (χ3n) is 4.93. The molecule has 1 saturated carbocycles. The van der Waals surface area contributed by atoms with Crippen LogP contribution in [0.3, 0.4) is 0 Å². The van der Waals surface area contributed by atoms with E-state index in [0.29, 0.717) is 19.6 Å². The molecule has 1 saturated heterocycles. The smallest absolute Gasteiger partial charge is 0.291 e. The topological polar surface area (TPSA) is 89.3 Å². The molecule has 1 aliphatic heterocycles. The fourth-order valence-electron chi connectivity index (χ4n) is 3.31. The van der Waals surface area contributed by atoms with E-state index in [1.165, 1.54) is 0 Å². The summed E-state index contributed by atoms with van der Waals surface area (Å²) in [5, 5.41) is 17.4. The van der Waals surface area contributed by atoms with Crippen molar-refractivity contribution in [3.8, 4) is 0 Å². The van der Waals surface area contributed by atoms with Gasteiger partial charge in [0, 0.05) is 24.7 Å². The second-order valence-corrected chi connectivity index (χ2v) is 7.31. The summed E-state index contributed by atoms with van der Waals surface area (Å²) < 4.78 is 7.06. The highest BCUT2D eigenvalue weighted by Gasteiger charge is 2.55. The Hall–Kier alpha value is -1.47. The summed E-state index contributed by atoms with van der Waals surface area (Å²) in [4.78, 5) is 16.5. The Morgan fingerprint density at radius 2 is 2.14 bits per heavy atom. The Bertz CT molecular complexity index is 557. The van der Waals surface area contributed by atoms with Crippen molar-refractivity contribution in [1.82, 2.24) is 20.1 Å². The normalized spacial score (nSPS) is 27.5. The standard InChI is InChI=1S/C15H24N4O3/c1-14(2,3)19-9-16-12(18-19)13(21)17-10-8-11(20)15(10)4-6-22-7-5-15/h9-11,20H,4-8H2,1-3H3,(H,17,21)/t10-,11-/m1/s1. The Kier molecular flexibility index (Phi) is 3.72. The highest BCUT2D eigenvalue weighted by molar-refractivity contribution is 5.90. The minimum Gasteiger partial charge on any atom is -0.392 e. The van der Waals surface area contributed by atoms with Crippen molar-refractivity contribution < 1.29 is 14.6 Å². The van der Waals surface area contributed by atoms with Crippen LogP contribution in [0.1, 0.15) is 50.7 Å². The zero-order chi connectivity index (χ0) is 16.0. The third kappa shape index (κ3) is 2.52. The molecule has 2 atom stereocenters.